The Bertz CT molecular complexity index is 388. The summed E-state index contributed by atoms with van der Waals surface area (Å²) in [6.07, 6.45) is 0.926. The molecular formula is C14H21NO2. The minimum absolute atomic E-state index is 0.0692. The highest BCUT2D eigenvalue weighted by atomic mass is 16.5. The standard InChI is InChI=1S/C14H21NO2/c1-5-12(4)15-14(16)9-17-13-8-10(2)6-7-11(13)3/h6-8,12H,5,9H2,1-4H3,(H,15,16)/t12-/m1/s1. The van der Waals surface area contributed by atoms with E-state index < -0.39 is 0 Å². The Kier molecular flexibility index (Phi) is 5.01. The number of benzene rings is 1. The predicted octanol–water partition coefficient (Wildman–Crippen LogP) is 2.60. The first-order valence-electron chi connectivity index (χ1n) is 6.02. The molecule has 0 spiro atoms. The number of ether oxygens (including phenoxy) is 1. The van der Waals surface area contributed by atoms with Gasteiger partial charge in [-0.15, -0.1) is 0 Å². The Hall–Kier alpha value is -1.51. The van der Waals surface area contributed by atoms with E-state index in [1.165, 1.54) is 0 Å². The van der Waals surface area contributed by atoms with E-state index in [0.717, 1.165) is 23.3 Å². The fourth-order valence-electron chi connectivity index (χ4n) is 1.42. The van der Waals surface area contributed by atoms with Crippen molar-refractivity contribution in [2.45, 2.75) is 40.2 Å². The molecule has 0 unspecified atom stereocenters. The summed E-state index contributed by atoms with van der Waals surface area (Å²) in [5, 5.41) is 2.87. The largest absolute Gasteiger partial charge is 0.483 e. The average Bonchev–Trinajstić information content (AvgIpc) is 2.30. The van der Waals surface area contributed by atoms with Gasteiger partial charge in [0.05, 0.1) is 0 Å². The fourth-order valence-corrected chi connectivity index (χ4v) is 1.42. The number of hydrogen-bond donors (Lipinski definition) is 1. The van der Waals surface area contributed by atoms with Crippen molar-refractivity contribution in [3.63, 3.8) is 0 Å². The number of rotatable bonds is 5. The van der Waals surface area contributed by atoms with Gasteiger partial charge in [-0.05, 0) is 44.4 Å². The van der Waals surface area contributed by atoms with Crippen molar-refractivity contribution in [1.82, 2.24) is 5.32 Å². The summed E-state index contributed by atoms with van der Waals surface area (Å²) in [5.41, 5.74) is 2.18. The van der Waals surface area contributed by atoms with Gasteiger partial charge in [0.2, 0.25) is 0 Å². The number of aryl methyl sites for hydroxylation is 2. The normalized spacial score (nSPS) is 12.0. The van der Waals surface area contributed by atoms with Gasteiger partial charge < -0.3 is 10.1 Å². The Morgan fingerprint density at radius 3 is 2.76 bits per heavy atom. The van der Waals surface area contributed by atoms with Crippen molar-refractivity contribution < 1.29 is 9.53 Å². The SMILES string of the molecule is CC[C@@H](C)NC(=O)COc1cc(C)ccc1C. The average molecular weight is 235 g/mol. The van der Waals surface area contributed by atoms with Gasteiger partial charge in [0.25, 0.3) is 5.91 Å². The summed E-state index contributed by atoms with van der Waals surface area (Å²) in [6.45, 7) is 8.08. The lowest BCUT2D eigenvalue weighted by atomic mass is 10.1. The maximum absolute atomic E-state index is 11.5. The molecule has 17 heavy (non-hydrogen) atoms. The van der Waals surface area contributed by atoms with Crippen molar-refractivity contribution in [3.8, 4) is 5.75 Å². The number of carbonyl (C=O) groups is 1. The molecule has 0 aliphatic heterocycles. The molecule has 0 saturated carbocycles. The van der Waals surface area contributed by atoms with Gasteiger partial charge in [-0.3, -0.25) is 4.79 Å². The Morgan fingerprint density at radius 2 is 2.12 bits per heavy atom. The van der Waals surface area contributed by atoms with Crippen molar-refractivity contribution in [2.75, 3.05) is 6.61 Å². The minimum Gasteiger partial charge on any atom is -0.483 e. The van der Waals surface area contributed by atoms with Crippen molar-refractivity contribution in [2.24, 2.45) is 0 Å². The number of carbonyl (C=O) groups excluding carboxylic acids is 1. The van der Waals surface area contributed by atoms with Crippen molar-refractivity contribution >= 4 is 5.91 Å². The number of hydrogen-bond acceptors (Lipinski definition) is 2. The summed E-state index contributed by atoms with van der Waals surface area (Å²) in [5.74, 6) is 0.713. The molecular weight excluding hydrogens is 214 g/mol. The van der Waals surface area contributed by atoms with E-state index in [2.05, 4.69) is 5.32 Å². The zero-order chi connectivity index (χ0) is 12.8. The lowest BCUT2D eigenvalue weighted by molar-refractivity contribution is -0.123. The number of amides is 1. The maximum atomic E-state index is 11.5. The molecule has 1 atom stereocenters. The van der Waals surface area contributed by atoms with Gasteiger partial charge in [0.15, 0.2) is 6.61 Å². The minimum atomic E-state index is -0.0692. The van der Waals surface area contributed by atoms with E-state index in [-0.39, 0.29) is 18.6 Å². The van der Waals surface area contributed by atoms with E-state index in [4.69, 9.17) is 4.74 Å². The molecule has 0 radical (unpaired) electrons. The first kappa shape index (κ1) is 13.6. The number of nitrogens with one attached hydrogen (secondary N) is 1. The molecule has 0 fully saturated rings. The molecule has 0 aliphatic rings. The summed E-state index contributed by atoms with van der Waals surface area (Å²) in [4.78, 5) is 11.5. The topological polar surface area (TPSA) is 38.3 Å². The van der Waals surface area contributed by atoms with Crippen LogP contribution in [-0.4, -0.2) is 18.6 Å². The van der Waals surface area contributed by atoms with Gasteiger partial charge in [-0.1, -0.05) is 19.1 Å². The third kappa shape index (κ3) is 4.47. The predicted molar refractivity (Wildman–Crippen MR) is 69.3 cm³/mol. The van der Waals surface area contributed by atoms with Gasteiger partial charge in [-0.25, -0.2) is 0 Å². The zero-order valence-corrected chi connectivity index (χ0v) is 11.0. The van der Waals surface area contributed by atoms with Gasteiger partial charge in [0.1, 0.15) is 5.75 Å². The molecule has 1 aromatic carbocycles. The van der Waals surface area contributed by atoms with Crippen LogP contribution in [0, 0.1) is 13.8 Å². The van der Waals surface area contributed by atoms with Gasteiger partial charge >= 0.3 is 0 Å². The van der Waals surface area contributed by atoms with Crippen LogP contribution in [0.2, 0.25) is 0 Å². The van der Waals surface area contributed by atoms with E-state index in [1.807, 2.05) is 45.9 Å². The smallest absolute Gasteiger partial charge is 0.258 e. The molecule has 94 valence electrons. The van der Waals surface area contributed by atoms with Gasteiger partial charge in [-0.2, -0.15) is 0 Å². The van der Waals surface area contributed by atoms with E-state index in [9.17, 15) is 4.79 Å². The zero-order valence-electron chi connectivity index (χ0n) is 11.0. The highest BCUT2D eigenvalue weighted by Crippen LogP contribution is 2.18. The van der Waals surface area contributed by atoms with E-state index in [1.54, 1.807) is 0 Å². The molecule has 1 N–H and O–H groups in total. The van der Waals surface area contributed by atoms with E-state index >= 15 is 0 Å². The summed E-state index contributed by atoms with van der Waals surface area (Å²) in [7, 11) is 0. The molecule has 0 heterocycles. The quantitative estimate of drug-likeness (QED) is 0.852. The molecule has 1 aromatic rings. The highest BCUT2D eigenvalue weighted by molar-refractivity contribution is 5.77. The van der Waals surface area contributed by atoms with Crippen LogP contribution in [0.4, 0.5) is 0 Å². The summed E-state index contributed by atoms with van der Waals surface area (Å²) in [6, 6.07) is 6.18. The lowest BCUT2D eigenvalue weighted by Gasteiger charge is -2.13. The molecule has 1 rings (SSSR count). The van der Waals surface area contributed by atoms with Crippen LogP contribution in [0.3, 0.4) is 0 Å². The van der Waals surface area contributed by atoms with E-state index in [0.29, 0.717) is 0 Å². The molecule has 3 nitrogen and oxygen atoms in total. The molecule has 3 heteroatoms. The third-order valence-electron chi connectivity index (χ3n) is 2.72. The maximum Gasteiger partial charge on any atom is 0.258 e. The second kappa shape index (κ2) is 6.28. The Balaban J connectivity index is 2.50. The second-order valence-corrected chi connectivity index (χ2v) is 4.43. The monoisotopic (exact) mass is 235 g/mol. The fraction of sp³-hybridized carbons (Fsp3) is 0.500. The molecule has 1 amide bonds. The van der Waals surface area contributed by atoms with Crippen LogP contribution < -0.4 is 10.1 Å². The third-order valence-corrected chi connectivity index (χ3v) is 2.72. The first-order chi connectivity index (χ1) is 8.02. The molecule has 0 bridgehead atoms. The van der Waals surface area contributed by atoms with Crippen LogP contribution in [0.25, 0.3) is 0 Å². The van der Waals surface area contributed by atoms with Crippen LogP contribution in [0.15, 0.2) is 18.2 Å². The van der Waals surface area contributed by atoms with Crippen LogP contribution in [-0.2, 0) is 4.79 Å². The Morgan fingerprint density at radius 1 is 1.41 bits per heavy atom. The van der Waals surface area contributed by atoms with Crippen molar-refractivity contribution in [1.29, 1.82) is 0 Å². The second-order valence-electron chi connectivity index (χ2n) is 4.43. The van der Waals surface area contributed by atoms with Crippen molar-refractivity contribution in [3.05, 3.63) is 29.3 Å². The molecule has 0 aliphatic carbocycles. The Labute approximate surface area is 103 Å². The van der Waals surface area contributed by atoms with Crippen LogP contribution in [0.5, 0.6) is 5.75 Å². The summed E-state index contributed by atoms with van der Waals surface area (Å²) >= 11 is 0. The highest BCUT2D eigenvalue weighted by Gasteiger charge is 2.07. The van der Waals surface area contributed by atoms with Crippen LogP contribution >= 0.6 is 0 Å². The van der Waals surface area contributed by atoms with Gasteiger partial charge in [0, 0.05) is 6.04 Å². The van der Waals surface area contributed by atoms with Crippen LogP contribution in [0.1, 0.15) is 31.4 Å². The first-order valence-corrected chi connectivity index (χ1v) is 6.02. The lowest BCUT2D eigenvalue weighted by Crippen LogP contribution is -2.35. The summed E-state index contributed by atoms with van der Waals surface area (Å²) < 4.78 is 5.51. The molecule has 0 aromatic heterocycles. The molecule has 0 saturated heterocycles.